The van der Waals surface area contributed by atoms with Crippen molar-refractivity contribution in [2.45, 2.75) is 26.4 Å². The number of methoxy groups -OCH3 is 1. The van der Waals surface area contributed by atoms with Crippen LogP contribution >= 0.6 is 0 Å². The zero-order valence-corrected chi connectivity index (χ0v) is 14.2. The monoisotopic (exact) mass is 338 g/mol. The third-order valence-electron chi connectivity index (χ3n) is 3.82. The highest BCUT2D eigenvalue weighted by molar-refractivity contribution is 5.81. The minimum atomic E-state index is -0.645. The standard InChI is InChI=1S/C18H18N4O3/c1-4-10(2)25-14-6-5-11(7-15(14)24-3)16-12(8-19)17(21)22-18(23)13(16)9-20/h5-7,10H,4H2,1-3H3,(H3,21,22,23). The maximum atomic E-state index is 12.0. The van der Waals surface area contributed by atoms with E-state index in [1.807, 2.05) is 26.0 Å². The van der Waals surface area contributed by atoms with E-state index >= 15 is 0 Å². The minimum absolute atomic E-state index is 0.000645. The van der Waals surface area contributed by atoms with Crippen LogP contribution in [0, 0.1) is 22.7 Å². The number of nitrogens with one attached hydrogen (secondary N) is 1. The molecule has 0 fully saturated rings. The number of pyridine rings is 1. The first-order valence-corrected chi connectivity index (χ1v) is 7.67. The first-order chi connectivity index (χ1) is 12.0. The lowest BCUT2D eigenvalue weighted by Crippen LogP contribution is -2.16. The SMILES string of the molecule is CCC(C)Oc1ccc(-c2c(C#N)c(N)[nH]c(=O)c2C#N)cc1OC. The van der Waals surface area contributed by atoms with Gasteiger partial charge in [0.25, 0.3) is 5.56 Å². The highest BCUT2D eigenvalue weighted by atomic mass is 16.5. The minimum Gasteiger partial charge on any atom is -0.493 e. The van der Waals surface area contributed by atoms with Crippen LogP contribution in [0.15, 0.2) is 23.0 Å². The number of hydrogen-bond acceptors (Lipinski definition) is 6. The fraction of sp³-hybridized carbons (Fsp3) is 0.278. The molecule has 1 atom stereocenters. The van der Waals surface area contributed by atoms with E-state index in [1.54, 1.807) is 18.2 Å². The summed E-state index contributed by atoms with van der Waals surface area (Å²) in [6, 6.07) is 8.74. The van der Waals surface area contributed by atoms with E-state index in [4.69, 9.17) is 15.2 Å². The molecule has 128 valence electrons. The fourth-order valence-corrected chi connectivity index (χ4v) is 2.35. The summed E-state index contributed by atoms with van der Waals surface area (Å²) in [6.45, 7) is 3.94. The topological polar surface area (TPSA) is 125 Å². The molecule has 2 aromatic rings. The van der Waals surface area contributed by atoms with Crippen molar-refractivity contribution >= 4 is 5.82 Å². The second-order valence-corrected chi connectivity index (χ2v) is 5.42. The van der Waals surface area contributed by atoms with Crippen molar-refractivity contribution in [2.24, 2.45) is 0 Å². The smallest absolute Gasteiger partial charge is 0.268 e. The van der Waals surface area contributed by atoms with Gasteiger partial charge in [-0.3, -0.25) is 4.79 Å². The van der Waals surface area contributed by atoms with Crippen molar-refractivity contribution in [3.8, 4) is 34.8 Å². The molecule has 0 aliphatic heterocycles. The van der Waals surface area contributed by atoms with Crippen LogP contribution in [0.4, 0.5) is 5.82 Å². The summed E-state index contributed by atoms with van der Waals surface area (Å²) in [5.41, 5.74) is 5.60. The highest BCUT2D eigenvalue weighted by Gasteiger charge is 2.20. The molecule has 0 saturated carbocycles. The van der Waals surface area contributed by atoms with E-state index in [0.717, 1.165) is 6.42 Å². The number of ether oxygens (including phenoxy) is 2. The Hall–Kier alpha value is -3.45. The number of aromatic nitrogens is 1. The van der Waals surface area contributed by atoms with Crippen LogP contribution in [0.25, 0.3) is 11.1 Å². The quantitative estimate of drug-likeness (QED) is 0.863. The van der Waals surface area contributed by atoms with E-state index in [-0.39, 0.29) is 28.6 Å². The first kappa shape index (κ1) is 17.9. The number of nitrogens with two attached hydrogens (primary N) is 1. The Balaban J connectivity index is 2.70. The Kier molecular flexibility index (Phi) is 5.31. The molecule has 2 rings (SSSR count). The Morgan fingerprint density at radius 1 is 1.24 bits per heavy atom. The maximum absolute atomic E-state index is 12.0. The predicted octanol–water partition coefficient (Wildman–Crippen LogP) is 2.55. The molecule has 0 aliphatic rings. The van der Waals surface area contributed by atoms with Crippen molar-refractivity contribution in [3.05, 3.63) is 39.7 Å². The molecule has 1 aromatic heterocycles. The summed E-state index contributed by atoms with van der Waals surface area (Å²) in [6.07, 6.45) is 0.825. The molecule has 1 aromatic carbocycles. The third kappa shape index (κ3) is 3.41. The molecule has 1 unspecified atom stereocenters. The van der Waals surface area contributed by atoms with Gasteiger partial charge in [-0.05, 0) is 31.0 Å². The van der Waals surface area contributed by atoms with Gasteiger partial charge in [0.15, 0.2) is 11.5 Å². The summed E-state index contributed by atoms with van der Waals surface area (Å²) in [5.74, 6) is 0.889. The Bertz CT molecular complexity index is 935. The van der Waals surface area contributed by atoms with Gasteiger partial charge in [0.1, 0.15) is 29.1 Å². The van der Waals surface area contributed by atoms with Crippen molar-refractivity contribution in [3.63, 3.8) is 0 Å². The van der Waals surface area contributed by atoms with E-state index < -0.39 is 5.56 Å². The lowest BCUT2D eigenvalue weighted by atomic mass is 9.96. The van der Waals surface area contributed by atoms with Crippen molar-refractivity contribution in [1.82, 2.24) is 4.98 Å². The van der Waals surface area contributed by atoms with Gasteiger partial charge in [0.05, 0.1) is 13.2 Å². The summed E-state index contributed by atoms with van der Waals surface area (Å²) < 4.78 is 11.1. The summed E-state index contributed by atoms with van der Waals surface area (Å²) in [7, 11) is 1.49. The van der Waals surface area contributed by atoms with E-state index in [2.05, 4.69) is 4.98 Å². The zero-order valence-electron chi connectivity index (χ0n) is 14.2. The number of hydrogen-bond donors (Lipinski definition) is 2. The van der Waals surface area contributed by atoms with E-state index in [9.17, 15) is 15.3 Å². The van der Waals surface area contributed by atoms with Gasteiger partial charge in [-0.2, -0.15) is 10.5 Å². The Morgan fingerprint density at radius 2 is 1.92 bits per heavy atom. The largest absolute Gasteiger partial charge is 0.493 e. The molecular formula is C18H18N4O3. The average Bonchev–Trinajstić information content (AvgIpc) is 2.61. The number of benzene rings is 1. The first-order valence-electron chi connectivity index (χ1n) is 7.67. The molecule has 7 heteroatoms. The Labute approximate surface area is 145 Å². The summed E-state index contributed by atoms with van der Waals surface area (Å²) in [4.78, 5) is 14.3. The van der Waals surface area contributed by atoms with Crippen molar-refractivity contribution in [2.75, 3.05) is 12.8 Å². The van der Waals surface area contributed by atoms with Crippen LogP contribution in [0.3, 0.4) is 0 Å². The molecule has 7 nitrogen and oxygen atoms in total. The molecule has 25 heavy (non-hydrogen) atoms. The van der Waals surface area contributed by atoms with Crippen LogP contribution < -0.4 is 20.8 Å². The number of nitriles is 2. The molecule has 0 amide bonds. The van der Waals surface area contributed by atoms with Crippen LogP contribution in [-0.4, -0.2) is 18.2 Å². The number of H-pyrrole nitrogens is 1. The maximum Gasteiger partial charge on any atom is 0.268 e. The van der Waals surface area contributed by atoms with Gasteiger partial charge in [-0.15, -0.1) is 0 Å². The normalized spacial score (nSPS) is 11.2. The lowest BCUT2D eigenvalue weighted by Gasteiger charge is -2.17. The number of anilines is 1. The molecule has 0 radical (unpaired) electrons. The Morgan fingerprint density at radius 3 is 2.48 bits per heavy atom. The molecule has 0 bridgehead atoms. The second-order valence-electron chi connectivity index (χ2n) is 5.42. The van der Waals surface area contributed by atoms with Gasteiger partial charge in [0, 0.05) is 5.56 Å². The molecule has 1 heterocycles. The molecule has 0 saturated heterocycles. The van der Waals surface area contributed by atoms with Crippen LogP contribution in [0.5, 0.6) is 11.5 Å². The van der Waals surface area contributed by atoms with Crippen molar-refractivity contribution < 1.29 is 9.47 Å². The van der Waals surface area contributed by atoms with Gasteiger partial charge in [-0.1, -0.05) is 13.0 Å². The van der Waals surface area contributed by atoms with Gasteiger partial charge in [0.2, 0.25) is 0 Å². The highest BCUT2D eigenvalue weighted by Crippen LogP contribution is 2.36. The van der Waals surface area contributed by atoms with Crippen LogP contribution in [0.1, 0.15) is 31.4 Å². The second kappa shape index (κ2) is 7.41. The lowest BCUT2D eigenvalue weighted by molar-refractivity contribution is 0.207. The van der Waals surface area contributed by atoms with Gasteiger partial charge in [-0.25, -0.2) is 0 Å². The number of nitrogen functional groups attached to an aromatic ring is 1. The predicted molar refractivity (Wildman–Crippen MR) is 93.3 cm³/mol. The zero-order chi connectivity index (χ0) is 18.6. The van der Waals surface area contributed by atoms with Gasteiger partial charge >= 0.3 is 0 Å². The number of aromatic amines is 1. The van der Waals surface area contributed by atoms with E-state index in [0.29, 0.717) is 17.1 Å². The number of nitrogens with zero attached hydrogens (tertiary/aromatic N) is 2. The fourth-order valence-electron chi connectivity index (χ4n) is 2.35. The van der Waals surface area contributed by atoms with Crippen LogP contribution in [0.2, 0.25) is 0 Å². The molecule has 0 aliphatic carbocycles. The van der Waals surface area contributed by atoms with Crippen LogP contribution in [-0.2, 0) is 0 Å². The molecular weight excluding hydrogens is 320 g/mol. The third-order valence-corrected chi connectivity index (χ3v) is 3.82. The van der Waals surface area contributed by atoms with E-state index in [1.165, 1.54) is 7.11 Å². The summed E-state index contributed by atoms with van der Waals surface area (Å²) >= 11 is 0. The molecule has 0 spiro atoms. The average molecular weight is 338 g/mol. The molecule has 3 N–H and O–H groups in total. The summed E-state index contributed by atoms with van der Waals surface area (Å²) in [5, 5.41) is 18.7. The van der Waals surface area contributed by atoms with Crippen molar-refractivity contribution in [1.29, 1.82) is 10.5 Å². The number of rotatable bonds is 5. The van der Waals surface area contributed by atoms with Gasteiger partial charge < -0.3 is 20.2 Å².